The van der Waals surface area contributed by atoms with Crippen molar-refractivity contribution in [3.63, 3.8) is 0 Å². The molecule has 1 aromatic carbocycles. The molecule has 0 N–H and O–H groups in total. The molecule has 1 saturated carbocycles. The molecule has 16 heavy (non-hydrogen) atoms. The van der Waals surface area contributed by atoms with E-state index >= 15 is 0 Å². The van der Waals surface area contributed by atoms with Crippen molar-refractivity contribution in [1.82, 2.24) is 5.16 Å². The molecule has 1 heterocycles. The number of nitrogens with zero attached hydrogens (tertiary/aromatic N) is 1. The lowest BCUT2D eigenvalue weighted by atomic mass is 10.1. The van der Waals surface area contributed by atoms with Gasteiger partial charge in [0.25, 0.3) is 0 Å². The minimum Gasteiger partial charge on any atom is -0.361 e. The monoisotopic (exact) mass is 213 g/mol. The van der Waals surface area contributed by atoms with Crippen molar-refractivity contribution in [3.8, 4) is 0 Å². The second-order valence-electron chi connectivity index (χ2n) is 4.66. The van der Waals surface area contributed by atoms with Gasteiger partial charge < -0.3 is 4.52 Å². The molecule has 1 fully saturated rings. The predicted octanol–water partition coefficient (Wildman–Crippen LogP) is 3.45. The van der Waals surface area contributed by atoms with E-state index in [-0.39, 0.29) is 0 Å². The van der Waals surface area contributed by atoms with Crippen molar-refractivity contribution in [2.24, 2.45) is 0 Å². The summed E-state index contributed by atoms with van der Waals surface area (Å²) in [7, 11) is 0. The third kappa shape index (κ3) is 2.01. The maximum Gasteiger partial charge on any atom is 0.141 e. The SMILES string of the molecule is Cc1cccc(Cc2cc(C3CC3)no2)c1. The third-order valence-corrected chi connectivity index (χ3v) is 3.03. The van der Waals surface area contributed by atoms with Crippen LogP contribution in [0.1, 0.15) is 41.3 Å². The molecule has 82 valence electrons. The highest BCUT2D eigenvalue weighted by Crippen LogP contribution is 2.39. The third-order valence-electron chi connectivity index (χ3n) is 3.03. The van der Waals surface area contributed by atoms with Crippen LogP contribution < -0.4 is 0 Å². The molecule has 0 saturated heterocycles. The minimum absolute atomic E-state index is 0.676. The predicted molar refractivity (Wildman–Crippen MR) is 62.5 cm³/mol. The number of benzene rings is 1. The van der Waals surface area contributed by atoms with Crippen LogP contribution in [0.5, 0.6) is 0 Å². The second-order valence-corrected chi connectivity index (χ2v) is 4.66. The Hall–Kier alpha value is -1.57. The largest absolute Gasteiger partial charge is 0.361 e. The van der Waals surface area contributed by atoms with E-state index in [0.29, 0.717) is 5.92 Å². The molecular formula is C14H15NO. The molecule has 0 amide bonds. The van der Waals surface area contributed by atoms with Crippen molar-refractivity contribution in [2.75, 3.05) is 0 Å². The summed E-state index contributed by atoms with van der Waals surface area (Å²) >= 11 is 0. The maximum atomic E-state index is 5.36. The van der Waals surface area contributed by atoms with Crippen LogP contribution >= 0.6 is 0 Å². The zero-order valence-electron chi connectivity index (χ0n) is 9.44. The average Bonchev–Trinajstić information content (AvgIpc) is 3.01. The van der Waals surface area contributed by atoms with E-state index < -0.39 is 0 Å². The van der Waals surface area contributed by atoms with Gasteiger partial charge in [0, 0.05) is 18.4 Å². The summed E-state index contributed by atoms with van der Waals surface area (Å²) in [5.41, 5.74) is 3.72. The number of aromatic nitrogens is 1. The lowest BCUT2D eigenvalue weighted by Gasteiger charge is -1.98. The Morgan fingerprint density at radius 1 is 1.31 bits per heavy atom. The fourth-order valence-electron chi connectivity index (χ4n) is 2.01. The molecule has 2 nitrogen and oxygen atoms in total. The summed E-state index contributed by atoms with van der Waals surface area (Å²) in [6.45, 7) is 2.11. The van der Waals surface area contributed by atoms with Gasteiger partial charge in [-0.2, -0.15) is 0 Å². The molecule has 3 rings (SSSR count). The van der Waals surface area contributed by atoms with E-state index in [2.05, 4.69) is 42.4 Å². The molecule has 0 spiro atoms. The summed E-state index contributed by atoms with van der Waals surface area (Å²) in [6.07, 6.45) is 3.40. The van der Waals surface area contributed by atoms with Crippen molar-refractivity contribution in [1.29, 1.82) is 0 Å². The van der Waals surface area contributed by atoms with Crippen molar-refractivity contribution >= 4 is 0 Å². The van der Waals surface area contributed by atoms with E-state index in [9.17, 15) is 0 Å². The molecule has 0 atom stereocenters. The summed E-state index contributed by atoms with van der Waals surface area (Å²) in [5.74, 6) is 1.66. The van der Waals surface area contributed by atoms with Gasteiger partial charge in [-0.05, 0) is 25.3 Å². The van der Waals surface area contributed by atoms with Crippen LogP contribution in [0.15, 0.2) is 34.9 Å². The highest BCUT2D eigenvalue weighted by Gasteiger charge is 2.26. The Balaban J connectivity index is 1.77. The molecule has 0 aliphatic heterocycles. The summed E-state index contributed by atoms with van der Waals surface area (Å²) < 4.78 is 5.36. The molecule has 2 heteroatoms. The van der Waals surface area contributed by atoms with Gasteiger partial charge in [-0.15, -0.1) is 0 Å². The fraction of sp³-hybridized carbons (Fsp3) is 0.357. The zero-order valence-corrected chi connectivity index (χ0v) is 9.44. The number of hydrogen-bond donors (Lipinski definition) is 0. The van der Waals surface area contributed by atoms with Gasteiger partial charge in [0.2, 0.25) is 0 Å². The topological polar surface area (TPSA) is 26.0 Å². The molecule has 0 bridgehead atoms. The van der Waals surface area contributed by atoms with Crippen molar-refractivity contribution < 1.29 is 4.52 Å². The van der Waals surface area contributed by atoms with Crippen LogP contribution in [0.2, 0.25) is 0 Å². The second kappa shape index (κ2) is 3.78. The molecule has 2 aromatic rings. The smallest absolute Gasteiger partial charge is 0.141 e. The first-order valence-corrected chi connectivity index (χ1v) is 5.82. The molecule has 1 aromatic heterocycles. The van der Waals surface area contributed by atoms with Crippen LogP contribution in [0, 0.1) is 6.92 Å². The van der Waals surface area contributed by atoms with Gasteiger partial charge in [-0.1, -0.05) is 35.0 Å². The number of aryl methyl sites for hydroxylation is 1. The first-order chi connectivity index (χ1) is 7.81. The zero-order chi connectivity index (χ0) is 11.0. The summed E-state index contributed by atoms with van der Waals surface area (Å²) in [5, 5.41) is 4.12. The van der Waals surface area contributed by atoms with E-state index in [1.54, 1.807) is 0 Å². The quantitative estimate of drug-likeness (QED) is 0.780. The molecule has 0 radical (unpaired) electrons. The Kier molecular flexibility index (Phi) is 2.28. The van der Waals surface area contributed by atoms with Crippen molar-refractivity contribution in [3.05, 3.63) is 52.9 Å². The van der Waals surface area contributed by atoms with E-state index in [0.717, 1.165) is 17.9 Å². The van der Waals surface area contributed by atoms with Crippen LogP contribution in [-0.4, -0.2) is 5.16 Å². The van der Waals surface area contributed by atoms with E-state index in [1.165, 1.54) is 24.0 Å². The van der Waals surface area contributed by atoms with Gasteiger partial charge in [-0.3, -0.25) is 0 Å². The molecule has 1 aliphatic rings. The standard InChI is InChI=1S/C14H15NO/c1-10-3-2-4-11(7-10)8-13-9-14(15-16-13)12-5-6-12/h2-4,7,9,12H,5-6,8H2,1H3. The van der Waals surface area contributed by atoms with Crippen LogP contribution in [0.3, 0.4) is 0 Å². The van der Waals surface area contributed by atoms with Gasteiger partial charge >= 0.3 is 0 Å². The summed E-state index contributed by atoms with van der Waals surface area (Å²) in [4.78, 5) is 0. The highest BCUT2D eigenvalue weighted by atomic mass is 16.5. The number of hydrogen-bond acceptors (Lipinski definition) is 2. The Morgan fingerprint density at radius 2 is 2.19 bits per heavy atom. The van der Waals surface area contributed by atoms with Crippen LogP contribution in [-0.2, 0) is 6.42 Å². The van der Waals surface area contributed by atoms with Crippen molar-refractivity contribution in [2.45, 2.75) is 32.1 Å². The van der Waals surface area contributed by atoms with E-state index in [1.807, 2.05) is 0 Å². The molecule has 1 aliphatic carbocycles. The average molecular weight is 213 g/mol. The lowest BCUT2D eigenvalue weighted by molar-refractivity contribution is 0.383. The van der Waals surface area contributed by atoms with Gasteiger partial charge in [0.1, 0.15) is 5.76 Å². The Labute approximate surface area is 95.3 Å². The normalized spacial score (nSPS) is 15.3. The van der Waals surface area contributed by atoms with Gasteiger partial charge in [-0.25, -0.2) is 0 Å². The summed E-state index contributed by atoms with van der Waals surface area (Å²) in [6, 6.07) is 10.6. The molecule has 0 unspecified atom stereocenters. The first-order valence-electron chi connectivity index (χ1n) is 5.82. The van der Waals surface area contributed by atoms with Gasteiger partial charge in [0.05, 0.1) is 5.69 Å². The minimum atomic E-state index is 0.676. The fourth-order valence-corrected chi connectivity index (χ4v) is 2.01. The van der Waals surface area contributed by atoms with Crippen LogP contribution in [0.25, 0.3) is 0 Å². The Bertz CT molecular complexity index is 497. The lowest BCUT2D eigenvalue weighted by Crippen LogP contribution is -1.86. The molecular weight excluding hydrogens is 198 g/mol. The first kappa shape index (κ1) is 9.64. The van der Waals surface area contributed by atoms with Crippen LogP contribution in [0.4, 0.5) is 0 Å². The maximum absolute atomic E-state index is 5.36. The Morgan fingerprint density at radius 3 is 2.94 bits per heavy atom. The number of rotatable bonds is 3. The van der Waals surface area contributed by atoms with E-state index in [4.69, 9.17) is 4.52 Å². The highest BCUT2D eigenvalue weighted by molar-refractivity contribution is 5.26. The van der Waals surface area contributed by atoms with Gasteiger partial charge in [0.15, 0.2) is 0 Å².